The highest BCUT2D eigenvalue weighted by Crippen LogP contribution is 2.12. The Morgan fingerprint density at radius 1 is 1.44 bits per heavy atom. The van der Waals surface area contributed by atoms with Gasteiger partial charge in [-0.25, -0.2) is 4.79 Å². The predicted molar refractivity (Wildman–Crippen MR) is 57.8 cm³/mol. The highest BCUT2D eigenvalue weighted by atomic mass is 16.5. The number of nitrogens with zero attached hydrogens (tertiary/aromatic N) is 1. The SMILES string of the molecule is CCOC(=O)c1cc(C#N)cc(COC)c1. The van der Waals surface area contributed by atoms with Gasteiger partial charge in [0.25, 0.3) is 0 Å². The van der Waals surface area contributed by atoms with E-state index < -0.39 is 5.97 Å². The molecule has 4 heteroatoms. The Morgan fingerprint density at radius 3 is 2.75 bits per heavy atom. The molecular weight excluding hydrogens is 206 g/mol. The predicted octanol–water partition coefficient (Wildman–Crippen LogP) is 1.88. The van der Waals surface area contributed by atoms with Gasteiger partial charge in [-0.15, -0.1) is 0 Å². The number of benzene rings is 1. The van der Waals surface area contributed by atoms with Gasteiger partial charge in [0.05, 0.1) is 30.4 Å². The molecule has 0 atom stereocenters. The molecule has 1 aromatic rings. The molecule has 0 aliphatic rings. The molecule has 0 fully saturated rings. The van der Waals surface area contributed by atoms with Crippen molar-refractivity contribution in [1.29, 1.82) is 5.26 Å². The third-order valence-electron chi connectivity index (χ3n) is 1.94. The molecule has 0 amide bonds. The topological polar surface area (TPSA) is 59.3 Å². The molecule has 4 nitrogen and oxygen atoms in total. The van der Waals surface area contributed by atoms with Gasteiger partial charge in [-0.3, -0.25) is 0 Å². The summed E-state index contributed by atoms with van der Waals surface area (Å²) >= 11 is 0. The van der Waals surface area contributed by atoms with Crippen molar-refractivity contribution >= 4 is 5.97 Å². The molecule has 0 saturated carbocycles. The number of carbonyl (C=O) groups is 1. The molecule has 0 unspecified atom stereocenters. The largest absolute Gasteiger partial charge is 0.462 e. The van der Waals surface area contributed by atoms with E-state index in [0.29, 0.717) is 24.3 Å². The van der Waals surface area contributed by atoms with Crippen molar-refractivity contribution in [1.82, 2.24) is 0 Å². The summed E-state index contributed by atoms with van der Waals surface area (Å²) in [6, 6.07) is 6.87. The Balaban J connectivity index is 3.04. The van der Waals surface area contributed by atoms with Crippen LogP contribution in [0.5, 0.6) is 0 Å². The van der Waals surface area contributed by atoms with Crippen LogP contribution >= 0.6 is 0 Å². The Hall–Kier alpha value is -1.86. The molecule has 1 rings (SSSR count). The summed E-state index contributed by atoms with van der Waals surface area (Å²) in [4.78, 5) is 11.5. The van der Waals surface area contributed by atoms with Crippen molar-refractivity contribution in [3.63, 3.8) is 0 Å². The van der Waals surface area contributed by atoms with Crippen LogP contribution in [-0.4, -0.2) is 19.7 Å². The van der Waals surface area contributed by atoms with Crippen molar-refractivity contribution in [2.24, 2.45) is 0 Å². The standard InChI is InChI=1S/C12H13NO3/c1-3-16-12(14)11-5-9(7-13)4-10(6-11)8-15-2/h4-6H,3,8H2,1-2H3. The van der Waals surface area contributed by atoms with Gasteiger partial charge in [0.1, 0.15) is 0 Å². The zero-order valence-corrected chi connectivity index (χ0v) is 9.32. The van der Waals surface area contributed by atoms with Gasteiger partial charge in [-0.1, -0.05) is 0 Å². The zero-order chi connectivity index (χ0) is 12.0. The number of hydrogen-bond acceptors (Lipinski definition) is 4. The quantitative estimate of drug-likeness (QED) is 0.725. The van der Waals surface area contributed by atoms with Crippen LogP contribution in [0, 0.1) is 11.3 Å². The van der Waals surface area contributed by atoms with Crippen molar-refractivity contribution in [3.8, 4) is 6.07 Å². The van der Waals surface area contributed by atoms with E-state index >= 15 is 0 Å². The van der Waals surface area contributed by atoms with Crippen LogP contribution in [0.25, 0.3) is 0 Å². The van der Waals surface area contributed by atoms with E-state index in [1.165, 1.54) is 6.07 Å². The number of esters is 1. The maximum absolute atomic E-state index is 11.5. The zero-order valence-electron chi connectivity index (χ0n) is 9.32. The molecule has 0 N–H and O–H groups in total. The summed E-state index contributed by atoms with van der Waals surface area (Å²) < 4.78 is 9.83. The lowest BCUT2D eigenvalue weighted by molar-refractivity contribution is 0.0526. The number of hydrogen-bond donors (Lipinski definition) is 0. The van der Waals surface area contributed by atoms with Crippen molar-refractivity contribution in [2.45, 2.75) is 13.5 Å². The minimum Gasteiger partial charge on any atom is -0.462 e. The number of nitriles is 1. The Morgan fingerprint density at radius 2 is 2.19 bits per heavy atom. The summed E-state index contributed by atoms with van der Waals surface area (Å²) in [6.45, 7) is 2.42. The third kappa shape index (κ3) is 3.07. The monoisotopic (exact) mass is 219 g/mol. The van der Waals surface area contributed by atoms with E-state index in [0.717, 1.165) is 5.56 Å². The maximum atomic E-state index is 11.5. The highest BCUT2D eigenvalue weighted by molar-refractivity contribution is 5.90. The van der Waals surface area contributed by atoms with Crippen LogP contribution in [0.15, 0.2) is 18.2 Å². The van der Waals surface area contributed by atoms with E-state index in [4.69, 9.17) is 14.7 Å². The number of methoxy groups -OCH3 is 1. The van der Waals surface area contributed by atoms with Crippen molar-refractivity contribution in [2.75, 3.05) is 13.7 Å². The van der Waals surface area contributed by atoms with Gasteiger partial charge in [0.2, 0.25) is 0 Å². The summed E-state index contributed by atoms with van der Waals surface area (Å²) in [7, 11) is 1.56. The van der Waals surface area contributed by atoms with Crippen LogP contribution in [0.2, 0.25) is 0 Å². The van der Waals surface area contributed by atoms with Crippen LogP contribution in [-0.2, 0) is 16.1 Å². The van der Waals surface area contributed by atoms with Gasteiger partial charge >= 0.3 is 5.97 Å². The lowest BCUT2D eigenvalue weighted by Gasteiger charge is -2.05. The second-order valence-corrected chi connectivity index (χ2v) is 3.18. The van der Waals surface area contributed by atoms with Crippen LogP contribution in [0.3, 0.4) is 0 Å². The molecule has 0 heterocycles. The fraction of sp³-hybridized carbons (Fsp3) is 0.333. The van der Waals surface area contributed by atoms with Crippen LogP contribution in [0.4, 0.5) is 0 Å². The van der Waals surface area contributed by atoms with E-state index in [1.54, 1.807) is 26.2 Å². The number of rotatable bonds is 4. The minimum absolute atomic E-state index is 0.315. The number of ether oxygens (including phenoxy) is 2. The van der Waals surface area contributed by atoms with Crippen molar-refractivity contribution < 1.29 is 14.3 Å². The molecule has 0 aromatic heterocycles. The summed E-state index contributed by atoms with van der Waals surface area (Å²) in [5.41, 5.74) is 1.59. The molecule has 0 bridgehead atoms. The number of carbonyl (C=O) groups excluding carboxylic acids is 1. The van der Waals surface area contributed by atoms with Crippen LogP contribution < -0.4 is 0 Å². The van der Waals surface area contributed by atoms with Gasteiger partial charge in [-0.05, 0) is 30.7 Å². The first kappa shape index (κ1) is 12.2. The van der Waals surface area contributed by atoms with E-state index in [2.05, 4.69) is 0 Å². The van der Waals surface area contributed by atoms with Gasteiger partial charge in [0, 0.05) is 7.11 Å². The molecule has 0 spiro atoms. The first-order chi connectivity index (χ1) is 7.71. The smallest absolute Gasteiger partial charge is 0.338 e. The van der Waals surface area contributed by atoms with Gasteiger partial charge in [0.15, 0.2) is 0 Å². The third-order valence-corrected chi connectivity index (χ3v) is 1.94. The van der Waals surface area contributed by atoms with Crippen LogP contribution in [0.1, 0.15) is 28.4 Å². The maximum Gasteiger partial charge on any atom is 0.338 e. The van der Waals surface area contributed by atoms with Gasteiger partial charge in [-0.2, -0.15) is 5.26 Å². The first-order valence-electron chi connectivity index (χ1n) is 4.91. The summed E-state index contributed by atoms with van der Waals surface area (Å²) in [6.07, 6.45) is 0. The van der Waals surface area contributed by atoms with E-state index in [1.807, 2.05) is 6.07 Å². The Bertz CT molecular complexity index is 421. The molecule has 0 aliphatic heterocycles. The average Bonchev–Trinajstić information content (AvgIpc) is 2.29. The molecule has 0 saturated heterocycles. The fourth-order valence-corrected chi connectivity index (χ4v) is 1.34. The van der Waals surface area contributed by atoms with Gasteiger partial charge < -0.3 is 9.47 Å². The minimum atomic E-state index is -0.419. The summed E-state index contributed by atoms with van der Waals surface area (Å²) in [5, 5.41) is 8.82. The Labute approximate surface area is 94.4 Å². The molecular formula is C12H13NO3. The normalized spacial score (nSPS) is 9.56. The van der Waals surface area contributed by atoms with Crippen molar-refractivity contribution in [3.05, 3.63) is 34.9 Å². The second-order valence-electron chi connectivity index (χ2n) is 3.18. The van der Waals surface area contributed by atoms with E-state index in [-0.39, 0.29) is 0 Å². The lowest BCUT2D eigenvalue weighted by Crippen LogP contribution is -2.06. The van der Waals surface area contributed by atoms with E-state index in [9.17, 15) is 4.79 Å². The fourth-order valence-electron chi connectivity index (χ4n) is 1.34. The summed E-state index contributed by atoms with van der Waals surface area (Å²) in [5.74, 6) is -0.419. The molecule has 1 aromatic carbocycles. The molecule has 16 heavy (non-hydrogen) atoms. The molecule has 0 radical (unpaired) electrons. The highest BCUT2D eigenvalue weighted by Gasteiger charge is 2.09. The second kappa shape index (κ2) is 5.89. The molecule has 84 valence electrons. The first-order valence-corrected chi connectivity index (χ1v) is 4.91. The Kier molecular flexibility index (Phi) is 4.49. The lowest BCUT2D eigenvalue weighted by atomic mass is 10.1. The average molecular weight is 219 g/mol. The molecule has 0 aliphatic carbocycles.